The molecule has 1 fully saturated rings. The molecular formula is C11H23NOSW. The number of hydrogen-bond donors (Lipinski definition) is 1. The summed E-state index contributed by atoms with van der Waals surface area (Å²) in [5, 5.41) is 13.0. The Hall–Kier alpha value is 0.958. The van der Waals surface area contributed by atoms with Crippen LogP contribution in [-0.4, -0.2) is 36.3 Å². The molecule has 15 heavy (non-hydrogen) atoms. The molecule has 0 saturated heterocycles. The van der Waals surface area contributed by atoms with E-state index in [4.69, 9.17) is 5.11 Å². The fourth-order valence-electron chi connectivity index (χ4n) is 1.88. The van der Waals surface area contributed by atoms with E-state index < -0.39 is 0 Å². The average Bonchev–Trinajstić information content (AvgIpc) is 2.19. The van der Waals surface area contributed by atoms with Crippen LogP contribution in [0.4, 0.5) is 0 Å². The normalized spacial score (nSPS) is 25.2. The Morgan fingerprint density at radius 1 is 1.27 bits per heavy atom. The van der Waals surface area contributed by atoms with Gasteiger partial charge in [0, 0.05) is 5.75 Å². The molecule has 0 unspecified atom stereocenters. The number of aliphatic hydroxyl groups is 1. The molecule has 90 valence electrons. The van der Waals surface area contributed by atoms with E-state index in [1.807, 2.05) is 18.8 Å². The van der Waals surface area contributed by atoms with Crippen LogP contribution in [0.5, 0.6) is 0 Å². The molecule has 1 saturated carbocycles. The predicted octanol–water partition coefficient (Wildman–Crippen LogP) is 2.72. The summed E-state index contributed by atoms with van der Waals surface area (Å²) in [4.78, 5) is 0. The molecule has 1 rings (SSSR count). The molecule has 4 heteroatoms. The van der Waals surface area contributed by atoms with Gasteiger partial charge in [0.05, 0.1) is 6.61 Å². The molecule has 0 heterocycles. The zero-order valence-electron chi connectivity index (χ0n) is 9.82. The second kappa shape index (κ2) is 11.4. The summed E-state index contributed by atoms with van der Waals surface area (Å²) in [5.41, 5.74) is 0. The van der Waals surface area contributed by atoms with E-state index in [1.54, 1.807) is 0 Å². The monoisotopic (exact) mass is 401 g/mol. The molecule has 1 aliphatic rings. The molecular weight excluding hydrogens is 378 g/mol. The van der Waals surface area contributed by atoms with Crippen LogP contribution in [0.3, 0.4) is 0 Å². The van der Waals surface area contributed by atoms with Crippen molar-refractivity contribution >= 4 is 11.8 Å². The van der Waals surface area contributed by atoms with Gasteiger partial charge in [-0.05, 0) is 11.7 Å². The zero-order chi connectivity index (χ0) is 9.52. The maximum atomic E-state index is 8.64. The zero-order valence-corrected chi connectivity index (χ0v) is 13.6. The molecule has 2 nitrogen and oxygen atoms in total. The van der Waals surface area contributed by atoms with Gasteiger partial charge in [0.2, 0.25) is 0 Å². The van der Waals surface area contributed by atoms with E-state index in [1.165, 1.54) is 31.4 Å². The van der Waals surface area contributed by atoms with Crippen molar-refractivity contribution in [2.45, 2.75) is 31.7 Å². The summed E-state index contributed by atoms with van der Waals surface area (Å²) >= 11 is 1.89. The maximum Gasteiger partial charge on any atom is 2.00 e. The fourth-order valence-corrected chi connectivity index (χ4v) is 2.85. The van der Waals surface area contributed by atoms with Crippen molar-refractivity contribution in [1.29, 1.82) is 0 Å². The Morgan fingerprint density at radius 3 is 2.33 bits per heavy atom. The van der Waals surface area contributed by atoms with Gasteiger partial charge < -0.3 is 17.8 Å². The summed E-state index contributed by atoms with van der Waals surface area (Å²) in [5.74, 6) is 3.02. The van der Waals surface area contributed by atoms with Gasteiger partial charge >= 0.3 is 21.1 Å². The third-order valence-electron chi connectivity index (χ3n) is 2.77. The minimum atomic E-state index is 0. The van der Waals surface area contributed by atoms with E-state index in [9.17, 15) is 0 Å². The molecule has 0 aliphatic heterocycles. The van der Waals surface area contributed by atoms with Crippen molar-refractivity contribution < 1.29 is 26.2 Å². The van der Waals surface area contributed by atoms with Gasteiger partial charge in [-0.1, -0.05) is 25.7 Å². The first-order valence-electron chi connectivity index (χ1n) is 5.14. The first-order chi connectivity index (χ1) is 6.36. The molecule has 0 aromatic heterocycles. The molecule has 0 aromatic carbocycles. The van der Waals surface area contributed by atoms with Gasteiger partial charge in [0.15, 0.2) is 0 Å². The molecule has 0 bridgehead atoms. The van der Waals surface area contributed by atoms with E-state index >= 15 is 0 Å². The van der Waals surface area contributed by atoms with Crippen LogP contribution >= 0.6 is 11.8 Å². The summed E-state index contributed by atoms with van der Waals surface area (Å²) in [6.07, 6.45) is 5.22. The van der Waals surface area contributed by atoms with Crippen LogP contribution < -0.4 is 0 Å². The van der Waals surface area contributed by atoms with Crippen LogP contribution in [-0.2, 0) is 21.1 Å². The largest absolute Gasteiger partial charge is 2.00 e. The smallest absolute Gasteiger partial charge is 0.662 e. The Kier molecular flexibility index (Phi) is 14.0. The van der Waals surface area contributed by atoms with Crippen LogP contribution in [0.2, 0.25) is 0 Å². The quantitative estimate of drug-likeness (QED) is 0.568. The molecule has 0 atom stereocenters. The van der Waals surface area contributed by atoms with Crippen molar-refractivity contribution in [3.8, 4) is 0 Å². The van der Waals surface area contributed by atoms with Crippen molar-refractivity contribution in [2.75, 3.05) is 25.2 Å². The van der Waals surface area contributed by atoms with Gasteiger partial charge in [-0.3, -0.25) is 0 Å². The topological polar surface area (TPSA) is 34.3 Å². The van der Waals surface area contributed by atoms with Crippen molar-refractivity contribution in [3.05, 3.63) is 12.7 Å². The van der Waals surface area contributed by atoms with Crippen molar-refractivity contribution in [1.82, 2.24) is 0 Å². The van der Waals surface area contributed by atoms with Crippen molar-refractivity contribution in [2.24, 2.45) is 5.92 Å². The van der Waals surface area contributed by atoms with Gasteiger partial charge in [-0.25, -0.2) is 0 Å². The predicted molar refractivity (Wildman–Crippen MR) is 65.9 cm³/mol. The molecule has 0 spiro atoms. The van der Waals surface area contributed by atoms with Gasteiger partial charge in [0.25, 0.3) is 0 Å². The summed E-state index contributed by atoms with van der Waals surface area (Å²) in [7, 11) is 1.94. The standard InChI is InChI=1S/C10H20NOS.CH3.W/c1-11-10-4-2-9(3-5-10)8-13-7-6-12;;/h9-10,12H,2-8H2,1H3;1H3;/q2*-1;+2. The minimum Gasteiger partial charge on any atom is -0.662 e. The number of rotatable bonds is 5. The molecule has 1 N–H and O–H groups in total. The van der Waals surface area contributed by atoms with E-state index in [2.05, 4.69) is 5.32 Å². The Bertz CT molecular complexity index is 127. The Morgan fingerprint density at radius 2 is 1.87 bits per heavy atom. The molecule has 1 aliphatic carbocycles. The molecule has 0 radical (unpaired) electrons. The summed E-state index contributed by atoms with van der Waals surface area (Å²) < 4.78 is 0. The Labute approximate surface area is 113 Å². The average molecular weight is 401 g/mol. The SMILES string of the molecule is C[N-]C1CCC(CSCCO)CC1.[CH3-].[W+2]. The number of aliphatic hydroxyl groups excluding tert-OH is 1. The van der Waals surface area contributed by atoms with Crippen LogP contribution in [0.1, 0.15) is 25.7 Å². The summed E-state index contributed by atoms with van der Waals surface area (Å²) in [6, 6.07) is 0.638. The second-order valence-electron chi connectivity index (χ2n) is 3.73. The minimum absolute atomic E-state index is 0. The Balaban J connectivity index is 0. The number of thioether (sulfide) groups is 1. The molecule has 0 aromatic rings. The van der Waals surface area contributed by atoms with Gasteiger partial charge in [-0.2, -0.15) is 18.8 Å². The van der Waals surface area contributed by atoms with Gasteiger partial charge in [-0.15, -0.1) is 6.04 Å². The van der Waals surface area contributed by atoms with Gasteiger partial charge in [0.1, 0.15) is 0 Å². The second-order valence-corrected chi connectivity index (χ2v) is 4.88. The van der Waals surface area contributed by atoms with Crippen LogP contribution in [0.15, 0.2) is 0 Å². The van der Waals surface area contributed by atoms with Crippen LogP contribution in [0, 0.1) is 13.3 Å². The van der Waals surface area contributed by atoms with Crippen molar-refractivity contribution in [3.63, 3.8) is 0 Å². The maximum absolute atomic E-state index is 8.64. The summed E-state index contributed by atoms with van der Waals surface area (Å²) in [6.45, 7) is 0.324. The van der Waals surface area contributed by atoms with Crippen LogP contribution in [0.25, 0.3) is 5.32 Å². The van der Waals surface area contributed by atoms with E-state index in [-0.39, 0.29) is 28.5 Å². The first kappa shape index (κ1) is 18.3. The number of nitrogens with zero attached hydrogens (tertiary/aromatic N) is 1. The third kappa shape index (κ3) is 7.79. The van der Waals surface area contributed by atoms with E-state index in [0.717, 1.165) is 11.7 Å². The number of hydrogen-bond acceptors (Lipinski definition) is 2. The molecule has 0 amide bonds. The third-order valence-corrected chi connectivity index (χ3v) is 3.95. The fraction of sp³-hybridized carbons (Fsp3) is 0.909. The van der Waals surface area contributed by atoms with E-state index in [0.29, 0.717) is 12.6 Å². The first-order valence-corrected chi connectivity index (χ1v) is 6.29.